The summed E-state index contributed by atoms with van der Waals surface area (Å²) in [6, 6.07) is 12.1. The van der Waals surface area contributed by atoms with Gasteiger partial charge in [0.05, 0.1) is 4.88 Å². The molecule has 0 N–H and O–H groups in total. The second-order valence-electron chi connectivity index (χ2n) is 5.87. The van der Waals surface area contributed by atoms with Crippen LogP contribution < -0.4 is 0 Å². The summed E-state index contributed by atoms with van der Waals surface area (Å²) in [5, 5.41) is 1.14. The van der Waals surface area contributed by atoms with Gasteiger partial charge in [-0.2, -0.15) is 0 Å². The summed E-state index contributed by atoms with van der Waals surface area (Å²) >= 11 is 1.58. The minimum Gasteiger partial charge on any atom is -0.337 e. The summed E-state index contributed by atoms with van der Waals surface area (Å²) in [5.74, 6) is 0.454. The van der Waals surface area contributed by atoms with Crippen LogP contribution in [-0.4, -0.2) is 33.9 Å². The molecule has 0 radical (unpaired) electrons. The lowest BCUT2D eigenvalue weighted by molar-refractivity contribution is 0.0711. The lowest BCUT2D eigenvalue weighted by Crippen LogP contribution is -2.39. The lowest BCUT2D eigenvalue weighted by Gasteiger charge is -2.32. The molecule has 23 heavy (non-hydrogen) atoms. The van der Waals surface area contributed by atoms with Crippen LogP contribution in [0.5, 0.6) is 0 Å². The molecule has 1 aliphatic rings. The highest BCUT2D eigenvalue weighted by Gasteiger charge is 2.27. The van der Waals surface area contributed by atoms with E-state index in [0.717, 1.165) is 41.9 Å². The molecule has 116 valence electrons. The van der Waals surface area contributed by atoms with Crippen LogP contribution in [-0.2, 0) is 0 Å². The standard InChI is InChI=1S/C18H17N3OS/c22-18(17-10-13-4-1-2-6-16(13)23-17)21-9-3-5-14(11-21)15-7-8-19-12-20-15/h1-2,4,6-8,10,12,14H,3,5,9,11H2/t14-/m1/s1. The zero-order chi connectivity index (χ0) is 15.6. The van der Waals surface area contributed by atoms with E-state index in [9.17, 15) is 4.79 Å². The van der Waals surface area contributed by atoms with Crippen LogP contribution in [0.25, 0.3) is 10.1 Å². The van der Waals surface area contributed by atoms with Crippen molar-refractivity contribution in [1.82, 2.24) is 14.9 Å². The van der Waals surface area contributed by atoms with Crippen LogP contribution in [0.3, 0.4) is 0 Å². The number of nitrogens with zero attached hydrogens (tertiary/aromatic N) is 3. The summed E-state index contributed by atoms with van der Waals surface area (Å²) in [4.78, 5) is 24.0. The average molecular weight is 323 g/mol. The van der Waals surface area contributed by atoms with Crippen molar-refractivity contribution in [2.75, 3.05) is 13.1 Å². The van der Waals surface area contributed by atoms with Gasteiger partial charge in [-0.05, 0) is 36.4 Å². The number of amides is 1. The normalized spacial score (nSPS) is 18.3. The van der Waals surface area contributed by atoms with Gasteiger partial charge in [-0.1, -0.05) is 18.2 Å². The van der Waals surface area contributed by atoms with Gasteiger partial charge in [0.15, 0.2) is 0 Å². The van der Waals surface area contributed by atoms with Gasteiger partial charge < -0.3 is 4.90 Å². The van der Waals surface area contributed by atoms with Crippen molar-refractivity contribution in [3.63, 3.8) is 0 Å². The largest absolute Gasteiger partial charge is 0.337 e. The molecule has 1 fully saturated rings. The maximum atomic E-state index is 12.8. The molecule has 1 saturated heterocycles. The average Bonchev–Trinajstić information content (AvgIpc) is 3.06. The van der Waals surface area contributed by atoms with Crippen LogP contribution in [0, 0.1) is 0 Å². The molecule has 1 aromatic carbocycles. The number of hydrogen-bond donors (Lipinski definition) is 0. The van der Waals surface area contributed by atoms with Gasteiger partial charge in [-0.25, -0.2) is 9.97 Å². The predicted octanol–water partition coefficient (Wildman–Crippen LogP) is 3.71. The zero-order valence-electron chi connectivity index (χ0n) is 12.7. The van der Waals surface area contributed by atoms with E-state index < -0.39 is 0 Å². The fourth-order valence-electron chi connectivity index (χ4n) is 3.19. The van der Waals surface area contributed by atoms with Crippen molar-refractivity contribution in [2.24, 2.45) is 0 Å². The van der Waals surface area contributed by atoms with Crippen LogP contribution in [0.1, 0.15) is 34.1 Å². The topological polar surface area (TPSA) is 46.1 Å². The predicted molar refractivity (Wildman–Crippen MR) is 91.7 cm³/mol. The van der Waals surface area contributed by atoms with Gasteiger partial charge in [0.1, 0.15) is 6.33 Å². The second kappa shape index (κ2) is 6.08. The highest BCUT2D eigenvalue weighted by Crippen LogP contribution is 2.30. The number of thiophene rings is 1. The number of fused-ring (bicyclic) bond motifs is 1. The number of rotatable bonds is 2. The Kier molecular flexibility index (Phi) is 3.79. The molecule has 5 heteroatoms. The molecule has 3 heterocycles. The third-order valence-corrected chi connectivity index (χ3v) is 5.47. The van der Waals surface area contributed by atoms with Crippen LogP contribution >= 0.6 is 11.3 Å². The summed E-state index contributed by atoms with van der Waals surface area (Å²) in [7, 11) is 0. The number of piperidine rings is 1. The second-order valence-corrected chi connectivity index (χ2v) is 6.96. The summed E-state index contributed by atoms with van der Waals surface area (Å²) in [6.45, 7) is 1.57. The molecule has 4 nitrogen and oxygen atoms in total. The number of hydrogen-bond acceptors (Lipinski definition) is 4. The Morgan fingerprint density at radius 3 is 3.00 bits per heavy atom. The maximum Gasteiger partial charge on any atom is 0.263 e. The molecule has 0 saturated carbocycles. The number of carbonyl (C=O) groups is 1. The Morgan fingerprint density at radius 1 is 1.26 bits per heavy atom. The first-order valence-corrected chi connectivity index (χ1v) is 8.67. The van der Waals surface area contributed by atoms with E-state index in [1.807, 2.05) is 29.2 Å². The molecule has 0 aliphatic carbocycles. The minimum atomic E-state index is 0.143. The number of aromatic nitrogens is 2. The highest BCUT2D eigenvalue weighted by molar-refractivity contribution is 7.20. The summed E-state index contributed by atoms with van der Waals surface area (Å²) < 4.78 is 1.17. The van der Waals surface area contributed by atoms with Crippen molar-refractivity contribution in [2.45, 2.75) is 18.8 Å². The first-order chi connectivity index (χ1) is 11.3. The molecule has 0 unspecified atom stereocenters. The molecule has 2 aromatic heterocycles. The van der Waals surface area contributed by atoms with Crippen molar-refractivity contribution in [3.05, 3.63) is 59.5 Å². The molecule has 1 amide bonds. The van der Waals surface area contributed by atoms with E-state index in [0.29, 0.717) is 5.92 Å². The maximum absolute atomic E-state index is 12.8. The Balaban J connectivity index is 1.56. The molecular weight excluding hydrogens is 306 g/mol. The molecule has 1 atom stereocenters. The zero-order valence-corrected chi connectivity index (χ0v) is 13.5. The van der Waals surface area contributed by atoms with E-state index in [-0.39, 0.29) is 5.91 Å². The summed E-state index contributed by atoms with van der Waals surface area (Å²) in [6.07, 6.45) is 5.45. The van der Waals surface area contributed by atoms with Crippen LogP contribution in [0.2, 0.25) is 0 Å². The van der Waals surface area contributed by atoms with Gasteiger partial charge >= 0.3 is 0 Å². The lowest BCUT2D eigenvalue weighted by atomic mass is 9.94. The van der Waals surface area contributed by atoms with Crippen molar-refractivity contribution in [3.8, 4) is 0 Å². The van der Waals surface area contributed by atoms with E-state index in [4.69, 9.17) is 0 Å². The number of benzene rings is 1. The van der Waals surface area contributed by atoms with Gasteiger partial charge in [0.25, 0.3) is 5.91 Å². The Labute approximate surface area is 138 Å². The molecule has 1 aliphatic heterocycles. The summed E-state index contributed by atoms with van der Waals surface area (Å²) in [5.41, 5.74) is 1.04. The smallest absolute Gasteiger partial charge is 0.263 e. The molecule has 3 aromatic rings. The third-order valence-electron chi connectivity index (χ3n) is 4.37. The van der Waals surface area contributed by atoms with E-state index in [1.54, 1.807) is 23.9 Å². The highest BCUT2D eigenvalue weighted by atomic mass is 32.1. The van der Waals surface area contributed by atoms with Crippen molar-refractivity contribution < 1.29 is 4.79 Å². The Morgan fingerprint density at radius 2 is 2.17 bits per heavy atom. The molecule has 0 spiro atoms. The Hall–Kier alpha value is -2.27. The van der Waals surface area contributed by atoms with Gasteiger partial charge in [0.2, 0.25) is 0 Å². The molecule has 4 rings (SSSR count). The monoisotopic (exact) mass is 323 g/mol. The van der Waals surface area contributed by atoms with Gasteiger partial charge in [0, 0.05) is 35.6 Å². The van der Waals surface area contributed by atoms with Crippen LogP contribution in [0.4, 0.5) is 0 Å². The van der Waals surface area contributed by atoms with Gasteiger partial charge in [-0.15, -0.1) is 11.3 Å². The third kappa shape index (κ3) is 2.84. The fraction of sp³-hybridized carbons (Fsp3) is 0.278. The van der Waals surface area contributed by atoms with E-state index >= 15 is 0 Å². The molecule has 0 bridgehead atoms. The minimum absolute atomic E-state index is 0.143. The number of carbonyl (C=O) groups excluding carboxylic acids is 1. The van der Waals surface area contributed by atoms with E-state index in [1.165, 1.54) is 4.70 Å². The fourth-order valence-corrected chi connectivity index (χ4v) is 4.22. The molecular formula is C18H17N3OS. The first-order valence-electron chi connectivity index (χ1n) is 7.85. The SMILES string of the molecule is O=C(c1cc2ccccc2s1)N1CCC[C@@H](c2ccncn2)C1. The van der Waals surface area contributed by atoms with Crippen molar-refractivity contribution in [1.29, 1.82) is 0 Å². The number of likely N-dealkylation sites (tertiary alicyclic amines) is 1. The van der Waals surface area contributed by atoms with Crippen LogP contribution in [0.15, 0.2) is 48.9 Å². The van der Waals surface area contributed by atoms with Gasteiger partial charge in [-0.3, -0.25) is 4.79 Å². The Bertz CT molecular complexity index is 797. The first kappa shape index (κ1) is 14.3. The quantitative estimate of drug-likeness (QED) is 0.722. The van der Waals surface area contributed by atoms with E-state index in [2.05, 4.69) is 22.1 Å². The van der Waals surface area contributed by atoms with Crippen molar-refractivity contribution >= 4 is 27.3 Å².